The van der Waals surface area contributed by atoms with Crippen molar-refractivity contribution in [2.75, 3.05) is 0 Å². The van der Waals surface area contributed by atoms with E-state index in [4.69, 9.17) is 0 Å². The first-order valence-electron chi connectivity index (χ1n) is 5.86. The zero-order valence-electron chi connectivity index (χ0n) is 9.97. The van der Waals surface area contributed by atoms with Crippen LogP contribution in [0.4, 0.5) is 13.2 Å². The van der Waals surface area contributed by atoms with Gasteiger partial charge in [-0.3, -0.25) is 4.79 Å². The van der Waals surface area contributed by atoms with E-state index in [1.165, 1.54) is 0 Å². The molecule has 98 valence electrons. The van der Waals surface area contributed by atoms with Gasteiger partial charge in [-0.1, -0.05) is 31.2 Å². The molecule has 1 fully saturated rings. The number of hydrogen-bond donors (Lipinski definition) is 1. The normalized spacial score (nSPS) is 17.3. The van der Waals surface area contributed by atoms with Crippen molar-refractivity contribution in [2.24, 2.45) is 0 Å². The van der Waals surface area contributed by atoms with Crippen molar-refractivity contribution in [1.82, 2.24) is 5.32 Å². The van der Waals surface area contributed by atoms with Crippen molar-refractivity contribution >= 4 is 5.91 Å². The standard InChI is InChI=1S/C13H14F3NO/c1-2-9-3-5-10(6-4-9)12(7-8-12)17-11(18)13(14,15)16/h3-6H,2,7-8H2,1H3,(H,17,18). The highest BCUT2D eigenvalue weighted by atomic mass is 19.4. The number of amides is 1. The Morgan fingerprint density at radius 3 is 2.22 bits per heavy atom. The first-order valence-corrected chi connectivity index (χ1v) is 5.86. The summed E-state index contributed by atoms with van der Waals surface area (Å²) in [5.41, 5.74) is 1.06. The fourth-order valence-electron chi connectivity index (χ4n) is 1.96. The Kier molecular flexibility index (Phi) is 3.09. The van der Waals surface area contributed by atoms with Gasteiger partial charge in [0.25, 0.3) is 0 Å². The lowest BCUT2D eigenvalue weighted by atomic mass is 10.0. The van der Waals surface area contributed by atoms with E-state index in [1.54, 1.807) is 12.1 Å². The van der Waals surface area contributed by atoms with Crippen molar-refractivity contribution in [3.8, 4) is 0 Å². The molecule has 1 aromatic rings. The van der Waals surface area contributed by atoms with Crippen molar-refractivity contribution in [3.05, 3.63) is 35.4 Å². The van der Waals surface area contributed by atoms with Gasteiger partial charge in [0, 0.05) is 0 Å². The minimum absolute atomic E-state index is 0.556. The van der Waals surface area contributed by atoms with E-state index in [0.717, 1.165) is 17.5 Å². The number of alkyl halides is 3. The Morgan fingerprint density at radius 1 is 1.28 bits per heavy atom. The van der Waals surface area contributed by atoms with Crippen molar-refractivity contribution in [3.63, 3.8) is 0 Å². The molecule has 5 heteroatoms. The Balaban J connectivity index is 2.14. The molecule has 0 aliphatic heterocycles. The van der Waals surface area contributed by atoms with E-state index in [2.05, 4.69) is 5.32 Å². The molecule has 0 aromatic heterocycles. The highest BCUT2D eigenvalue weighted by Gasteiger charge is 2.50. The van der Waals surface area contributed by atoms with Gasteiger partial charge in [0.1, 0.15) is 0 Å². The molecule has 0 spiro atoms. The molecule has 0 atom stereocenters. The average molecular weight is 257 g/mol. The van der Waals surface area contributed by atoms with Crippen molar-refractivity contribution in [1.29, 1.82) is 0 Å². The number of rotatable bonds is 3. The van der Waals surface area contributed by atoms with Crippen LogP contribution >= 0.6 is 0 Å². The van der Waals surface area contributed by atoms with Gasteiger partial charge in [-0.2, -0.15) is 13.2 Å². The predicted molar refractivity (Wildman–Crippen MR) is 60.9 cm³/mol. The number of benzene rings is 1. The number of halogens is 3. The maximum atomic E-state index is 12.2. The summed E-state index contributed by atoms with van der Waals surface area (Å²) < 4.78 is 36.7. The molecule has 1 N–H and O–H groups in total. The molecule has 1 aliphatic carbocycles. The zero-order valence-corrected chi connectivity index (χ0v) is 9.97. The zero-order chi connectivity index (χ0) is 13.4. The molecule has 0 heterocycles. The third-order valence-corrected chi connectivity index (χ3v) is 3.28. The second kappa shape index (κ2) is 4.30. The number of aryl methyl sites for hydroxylation is 1. The molecular formula is C13H14F3NO. The second-order valence-corrected chi connectivity index (χ2v) is 4.58. The average Bonchev–Trinajstić information content (AvgIpc) is 3.09. The quantitative estimate of drug-likeness (QED) is 0.886. The summed E-state index contributed by atoms with van der Waals surface area (Å²) in [5, 5.41) is 2.10. The van der Waals surface area contributed by atoms with Crippen LogP contribution in [-0.2, 0) is 16.8 Å². The van der Waals surface area contributed by atoms with E-state index in [1.807, 2.05) is 19.1 Å². The SMILES string of the molecule is CCc1ccc(C2(NC(=O)C(F)(F)F)CC2)cc1. The Bertz CT molecular complexity index is 446. The number of hydrogen-bond acceptors (Lipinski definition) is 1. The molecule has 1 aliphatic rings. The maximum Gasteiger partial charge on any atom is 0.471 e. The third kappa shape index (κ3) is 2.49. The monoisotopic (exact) mass is 257 g/mol. The van der Waals surface area contributed by atoms with E-state index in [-0.39, 0.29) is 0 Å². The van der Waals surface area contributed by atoms with Gasteiger partial charge in [-0.25, -0.2) is 0 Å². The molecule has 0 saturated heterocycles. The molecule has 2 nitrogen and oxygen atoms in total. The van der Waals surface area contributed by atoms with Gasteiger partial charge < -0.3 is 5.32 Å². The van der Waals surface area contributed by atoms with Crippen LogP contribution < -0.4 is 5.32 Å². The number of nitrogens with one attached hydrogen (secondary N) is 1. The summed E-state index contributed by atoms with van der Waals surface area (Å²) in [6.45, 7) is 2.01. The molecule has 0 unspecified atom stereocenters. The number of carbonyl (C=O) groups excluding carboxylic acids is 1. The van der Waals surface area contributed by atoms with Gasteiger partial charge in [-0.05, 0) is 30.4 Å². The van der Waals surface area contributed by atoms with Crippen molar-refractivity contribution in [2.45, 2.75) is 37.9 Å². The summed E-state index contributed by atoms with van der Waals surface area (Å²) in [5.74, 6) is -1.86. The van der Waals surface area contributed by atoms with Gasteiger partial charge in [0.2, 0.25) is 0 Å². The van der Waals surface area contributed by atoms with Crippen LogP contribution in [0.1, 0.15) is 30.9 Å². The van der Waals surface area contributed by atoms with Crippen LogP contribution in [0.15, 0.2) is 24.3 Å². The van der Waals surface area contributed by atoms with Crippen LogP contribution in [0, 0.1) is 0 Å². The van der Waals surface area contributed by atoms with Crippen LogP contribution in [0.2, 0.25) is 0 Å². The lowest BCUT2D eigenvalue weighted by Gasteiger charge is -2.19. The molecular weight excluding hydrogens is 243 g/mol. The molecule has 1 amide bonds. The fraction of sp³-hybridized carbons (Fsp3) is 0.462. The highest BCUT2D eigenvalue weighted by Crippen LogP contribution is 2.46. The van der Waals surface area contributed by atoms with E-state index < -0.39 is 17.6 Å². The van der Waals surface area contributed by atoms with Crippen LogP contribution in [0.5, 0.6) is 0 Å². The highest BCUT2D eigenvalue weighted by molar-refractivity contribution is 5.83. The van der Waals surface area contributed by atoms with Gasteiger partial charge in [0.05, 0.1) is 5.54 Å². The minimum Gasteiger partial charge on any atom is -0.339 e. The number of carbonyl (C=O) groups is 1. The second-order valence-electron chi connectivity index (χ2n) is 4.58. The lowest BCUT2D eigenvalue weighted by molar-refractivity contribution is -0.174. The summed E-state index contributed by atoms with van der Waals surface area (Å²) in [7, 11) is 0. The first-order chi connectivity index (χ1) is 8.37. The largest absolute Gasteiger partial charge is 0.471 e. The molecule has 0 radical (unpaired) electrons. The molecule has 2 rings (SSSR count). The summed E-state index contributed by atoms with van der Waals surface area (Å²) in [6, 6.07) is 7.36. The molecule has 1 saturated carbocycles. The Labute approximate surface area is 103 Å². The van der Waals surface area contributed by atoms with Gasteiger partial charge in [0.15, 0.2) is 0 Å². The van der Waals surface area contributed by atoms with Gasteiger partial charge >= 0.3 is 12.1 Å². The molecule has 1 aromatic carbocycles. The van der Waals surface area contributed by atoms with Gasteiger partial charge in [-0.15, -0.1) is 0 Å². The lowest BCUT2D eigenvalue weighted by Crippen LogP contribution is -2.43. The van der Waals surface area contributed by atoms with Crippen LogP contribution in [-0.4, -0.2) is 12.1 Å². The van der Waals surface area contributed by atoms with Crippen LogP contribution in [0.3, 0.4) is 0 Å². The summed E-state index contributed by atoms with van der Waals surface area (Å²) >= 11 is 0. The van der Waals surface area contributed by atoms with Crippen molar-refractivity contribution < 1.29 is 18.0 Å². The fourth-order valence-corrected chi connectivity index (χ4v) is 1.96. The van der Waals surface area contributed by atoms with E-state index in [0.29, 0.717) is 12.8 Å². The molecule has 18 heavy (non-hydrogen) atoms. The first kappa shape index (κ1) is 12.9. The van der Waals surface area contributed by atoms with E-state index in [9.17, 15) is 18.0 Å². The molecule has 0 bridgehead atoms. The summed E-state index contributed by atoms with van der Waals surface area (Å²) in [4.78, 5) is 11.0. The minimum atomic E-state index is -4.82. The Morgan fingerprint density at radius 2 is 1.83 bits per heavy atom. The van der Waals surface area contributed by atoms with E-state index >= 15 is 0 Å². The Hall–Kier alpha value is -1.52. The maximum absolute atomic E-state index is 12.2. The third-order valence-electron chi connectivity index (χ3n) is 3.28. The predicted octanol–water partition coefficient (Wildman–Crippen LogP) is 2.92. The summed E-state index contributed by atoms with van der Waals surface area (Å²) in [6.07, 6.45) is -2.83. The smallest absolute Gasteiger partial charge is 0.339 e. The van der Waals surface area contributed by atoms with Crippen LogP contribution in [0.25, 0.3) is 0 Å². The topological polar surface area (TPSA) is 29.1 Å².